The van der Waals surface area contributed by atoms with E-state index in [9.17, 15) is 18.6 Å². The van der Waals surface area contributed by atoms with Crippen LogP contribution in [-0.2, 0) is 9.84 Å². The van der Waals surface area contributed by atoms with Gasteiger partial charge in [0, 0.05) is 17.2 Å². The van der Waals surface area contributed by atoms with Gasteiger partial charge in [0.1, 0.15) is 0 Å². The molecule has 2 aromatic carbocycles. The van der Waals surface area contributed by atoms with Crippen molar-refractivity contribution in [1.82, 2.24) is 0 Å². The lowest BCUT2D eigenvalue weighted by molar-refractivity contribution is 0.403. The minimum Gasteiger partial charge on any atom is -0.504 e. The van der Waals surface area contributed by atoms with Crippen molar-refractivity contribution in [2.45, 2.75) is 11.8 Å². The summed E-state index contributed by atoms with van der Waals surface area (Å²) in [5.74, 6) is -0.839. The number of phenolic OH excluding ortho intramolecular Hbond substituents is 2. The average molecular weight is 317 g/mol. The van der Waals surface area contributed by atoms with Gasteiger partial charge in [-0.15, -0.1) is 0 Å². The summed E-state index contributed by atoms with van der Waals surface area (Å²) in [6.07, 6.45) is 2.18. The fraction of sp³-hybridized carbons (Fsp3) is 0.0625. The molecule has 0 fully saturated rings. The molecule has 2 rings (SSSR count). The number of phenols is 2. The van der Waals surface area contributed by atoms with Crippen LogP contribution in [0.25, 0.3) is 6.08 Å². The Bertz CT molecular complexity index is 837. The topological polar surface area (TPSA) is 98.5 Å². The summed E-state index contributed by atoms with van der Waals surface area (Å²) >= 11 is 0. The summed E-state index contributed by atoms with van der Waals surface area (Å²) in [4.78, 5) is 0.140. The SMILES string of the molecule is Cc1ccc(S(=O)(=O)/C=C/c2cc(C=N)cc(O)c2O)cc1. The smallest absolute Gasteiger partial charge is 0.199 e. The predicted octanol–water partition coefficient (Wildman–Crippen LogP) is 2.85. The highest BCUT2D eigenvalue weighted by Gasteiger charge is 2.11. The number of benzene rings is 2. The van der Waals surface area contributed by atoms with Crippen LogP contribution in [0, 0.1) is 12.3 Å². The van der Waals surface area contributed by atoms with Crippen LogP contribution in [0.15, 0.2) is 46.7 Å². The van der Waals surface area contributed by atoms with E-state index in [1.807, 2.05) is 6.92 Å². The molecule has 0 radical (unpaired) electrons. The first-order valence-corrected chi connectivity index (χ1v) is 7.94. The Kier molecular flexibility index (Phi) is 4.32. The number of hydrogen-bond acceptors (Lipinski definition) is 5. The van der Waals surface area contributed by atoms with E-state index >= 15 is 0 Å². The highest BCUT2D eigenvalue weighted by molar-refractivity contribution is 7.94. The molecule has 0 aliphatic carbocycles. The quantitative estimate of drug-likeness (QED) is 0.596. The van der Waals surface area contributed by atoms with Crippen molar-refractivity contribution in [2.24, 2.45) is 0 Å². The molecule has 0 aliphatic heterocycles. The molecule has 114 valence electrons. The van der Waals surface area contributed by atoms with Gasteiger partial charge >= 0.3 is 0 Å². The van der Waals surface area contributed by atoms with Crippen LogP contribution in [0.3, 0.4) is 0 Å². The zero-order chi connectivity index (χ0) is 16.3. The molecule has 0 aliphatic rings. The first-order chi connectivity index (χ1) is 10.3. The van der Waals surface area contributed by atoms with Crippen molar-refractivity contribution < 1.29 is 18.6 Å². The zero-order valence-electron chi connectivity index (χ0n) is 11.8. The lowest BCUT2D eigenvalue weighted by Crippen LogP contribution is -1.96. The molecule has 0 saturated heterocycles. The van der Waals surface area contributed by atoms with Gasteiger partial charge < -0.3 is 15.6 Å². The molecule has 0 atom stereocenters. The molecular formula is C16H15NO4S. The molecule has 6 heteroatoms. The van der Waals surface area contributed by atoms with E-state index in [2.05, 4.69) is 0 Å². The molecule has 0 spiro atoms. The Morgan fingerprint density at radius 1 is 1.09 bits per heavy atom. The first kappa shape index (κ1) is 15.8. The Morgan fingerprint density at radius 3 is 2.32 bits per heavy atom. The zero-order valence-corrected chi connectivity index (χ0v) is 12.6. The summed E-state index contributed by atoms with van der Waals surface area (Å²) in [5.41, 5.74) is 1.42. The van der Waals surface area contributed by atoms with E-state index < -0.39 is 21.3 Å². The third kappa shape index (κ3) is 3.35. The lowest BCUT2D eigenvalue weighted by atomic mass is 10.1. The second-order valence-electron chi connectivity index (χ2n) is 4.78. The van der Waals surface area contributed by atoms with Crippen LogP contribution in [0.2, 0.25) is 0 Å². The predicted molar refractivity (Wildman–Crippen MR) is 85.1 cm³/mol. The average Bonchev–Trinajstić information content (AvgIpc) is 2.49. The summed E-state index contributed by atoms with van der Waals surface area (Å²) in [5, 5.41) is 27.4. The molecule has 0 bridgehead atoms. The number of nitrogens with one attached hydrogen (secondary N) is 1. The van der Waals surface area contributed by atoms with E-state index in [-0.39, 0.29) is 10.5 Å². The van der Waals surface area contributed by atoms with Gasteiger partial charge in [-0.1, -0.05) is 17.7 Å². The maximum absolute atomic E-state index is 12.2. The molecule has 5 nitrogen and oxygen atoms in total. The van der Waals surface area contributed by atoms with E-state index in [1.165, 1.54) is 30.3 Å². The molecule has 0 aromatic heterocycles. The van der Waals surface area contributed by atoms with Crippen molar-refractivity contribution in [3.8, 4) is 11.5 Å². The van der Waals surface area contributed by atoms with Gasteiger partial charge in [0.15, 0.2) is 21.3 Å². The van der Waals surface area contributed by atoms with Crippen LogP contribution < -0.4 is 0 Å². The number of aromatic hydroxyl groups is 2. The number of aryl methyl sites for hydroxylation is 1. The van der Waals surface area contributed by atoms with Crippen molar-refractivity contribution in [1.29, 1.82) is 5.41 Å². The summed E-state index contributed by atoms with van der Waals surface area (Å²) in [6, 6.07) is 9.01. The monoisotopic (exact) mass is 317 g/mol. The minimum absolute atomic E-state index is 0.120. The summed E-state index contributed by atoms with van der Waals surface area (Å²) in [7, 11) is -3.65. The van der Waals surface area contributed by atoms with Gasteiger partial charge in [-0.05, 0) is 42.8 Å². The van der Waals surface area contributed by atoms with Gasteiger partial charge in [-0.2, -0.15) is 0 Å². The van der Waals surface area contributed by atoms with Gasteiger partial charge in [0.25, 0.3) is 0 Å². The second kappa shape index (κ2) is 6.03. The normalized spacial score (nSPS) is 11.7. The standard InChI is InChI=1S/C16H15NO4S/c1-11-2-4-14(5-3-11)22(20,21)7-6-13-8-12(10-17)9-15(18)16(13)19/h2-10,17-19H,1H3/b7-6+,17-10?. The van der Waals surface area contributed by atoms with Crippen LogP contribution in [-0.4, -0.2) is 24.8 Å². The van der Waals surface area contributed by atoms with E-state index in [1.54, 1.807) is 12.1 Å². The largest absolute Gasteiger partial charge is 0.504 e. The minimum atomic E-state index is -3.65. The van der Waals surface area contributed by atoms with Crippen LogP contribution in [0.5, 0.6) is 11.5 Å². The van der Waals surface area contributed by atoms with Crippen molar-refractivity contribution in [2.75, 3.05) is 0 Å². The van der Waals surface area contributed by atoms with Gasteiger partial charge in [-0.3, -0.25) is 0 Å². The maximum Gasteiger partial charge on any atom is 0.199 e. The highest BCUT2D eigenvalue weighted by atomic mass is 32.2. The lowest BCUT2D eigenvalue weighted by Gasteiger charge is -2.04. The Balaban J connectivity index is 2.41. The molecule has 0 saturated carbocycles. The fourth-order valence-electron chi connectivity index (χ4n) is 1.84. The first-order valence-electron chi connectivity index (χ1n) is 6.40. The number of sulfone groups is 1. The van der Waals surface area contributed by atoms with Crippen molar-refractivity contribution in [3.05, 3.63) is 58.5 Å². The Morgan fingerprint density at radius 2 is 1.73 bits per heavy atom. The molecule has 0 unspecified atom stereocenters. The molecule has 0 amide bonds. The van der Waals surface area contributed by atoms with E-state index in [4.69, 9.17) is 5.41 Å². The molecule has 22 heavy (non-hydrogen) atoms. The number of hydrogen-bond donors (Lipinski definition) is 3. The molecule has 0 heterocycles. The number of rotatable bonds is 4. The molecular weight excluding hydrogens is 302 g/mol. The third-order valence-electron chi connectivity index (χ3n) is 3.08. The van der Waals surface area contributed by atoms with Crippen LogP contribution >= 0.6 is 0 Å². The van der Waals surface area contributed by atoms with Gasteiger partial charge in [-0.25, -0.2) is 8.42 Å². The van der Waals surface area contributed by atoms with Crippen LogP contribution in [0.4, 0.5) is 0 Å². The fourth-order valence-corrected chi connectivity index (χ4v) is 2.84. The van der Waals surface area contributed by atoms with Crippen molar-refractivity contribution >= 4 is 22.1 Å². The van der Waals surface area contributed by atoms with Crippen molar-refractivity contribution in [3.63, 3.8) is 0 Å². The van der Waals surface area contributed by atoms with Gasteiger partial charge in [0.05, 0.1) is 4.90 Å². The Hall–Kier alpha value is -2.60. The Labute approximate surface area is 128 Å². The molecule has 3 N–H and O–H groups in total. The maximum atomic E-state index is 12.2. The molecule has 2 aromatic rings. The van der Waals surface area contributed by atoms with Crippen LogP contribution in [0.1, 0.15) is 16.7 Å². The highest BCUT2D eigenvalue weighted by Crippen LogP contribution is 2.31. The summed E-state index contributed by atoms with van der Waals surface area (Å²) < 4.78 is 24.4. The van der Waals surface area contributed by atoms with Gasteiger partial charge in [0.2, 0.25) is 0 Å². The third-order valence-corrected chi connectivity index (χ3v) is 4.51. The second-order valence-corrected chi connectivity index (χ2v) is 6.62. The summed E-state index contributed by atoms with van der Waals surface area (Å²) in [6.45, 7) is 1.86. The van der Waals surface area contributed by atoms with E-state index in [0.717, 1.165) is 17.2 Å². The van der Waals surface area contributed by atoms with E-state index in [0.29, 0.717) is 5.56 Å².